The largest absolute Gasteiger partial charge is 0.481 e. The summed E-state index contributed by atoms with van der Waals surface area (Å²) < 4.78 is 0. The molecule has 1 rings (SSSR count). The first kappa shape index (κ1) is 15.7. The van der Waals surface area contributed by atoms with E-state index in [2.05, 4.69) is 50.4 Å². The molecular weight excluding hydrogens is 238 g/mol. The summed E-state index contributed by atoms with van der Waals surface area (Å²) in [6, 6.07) is 8.54. The van der Waals surface area contributed by atoms with Gasteiger partial charge in [-0.2, -0.15) is 0 Å². The van der Waals surface area contributed by atoms with Crippen molar-refractivity contribution in [2.45, 2.75) is 39.5 Å². The van der Waals surface area contributed by atoms with E-state index in [-0.39, 0.29) is 11.3 Å². The van der Waals surface area contributed by atoms with Crippen LogP contribution in [0.2, 0.25) is 0 Å². The van der Waals surface area contributed by atoms with Gasteiger partial charge >= 0.3 is 5.97 Å². The number of nitrogens with one attached hydrogen (secondary N) is 1. The molecule has 0 aliphatic carbocycles. The van der Waals surface area contributed by atoms with Crippen molar-refractivity contribution >= 4 is 5.97 Å². The fourth-order valence-electron chi connectivity index (χ4n) is 2.01. The van der Waals surface area contributed by atoms with E-state index >= 15 is 0 Å². The molecule has 0 aliphatic heterocycles. The summed E-state index contributed by atoms with van der Waals surface area (Å²) in [6.07, 6.45) is 0.666. The minimum Gasteiger partial charge on any atom is -0.481 e. The number of hydrogen-bond donors (Lipinski definition) is 2. The van der Waals surface area contributed by atoms with E-state index in [4.69, 9.17) is 5.11 Å². The van der Waals surface area contributed by atoms with Crippen molar-refractivity contribution in [3.8, 4) is 0 Å². The fourth-order valence-corrected chi connectivity index (χ4v) is 2.01. The monoisotopic (exact) mass is 263 g/mol. The number of aryl methyl sites for hydroxylation is 1. The molecule has 0 spiro atoms. The third-order valence-electron chi connectivity index (χ3n) is 3.54. The highest BCUT2D eigenvalue weighted by Gasteiger charge is 2.20. The maximum absolute atomic E-state index is 10.7. The number of benzene rings is 1. The second-order valence-corrected chi connectivity index (χ2v) is 5.96. The van der Waals surface area contributed by atoms with E-state index < -0.39 is 5.97 Å². The van der Waals surface area contributed by atoms with Gasteiger partial charge in [-0.3, -0.25) is 4.79 Å². The van der Waals surface area contributed by atoms with Gasteiger partial charge in [0.05, 0.1) is 5.92 Å². The van der Waals surface area contributed by atoms with Gasteiger partial charge in [-0.25, -0.2) is 0 Å². The van der Waals surface area contributed by atoms with Crippen molar-refractivity contribution in [1.82, 2.24) is 5.32 Å². The van der Waals surface area contributed by atoms with Crippen LogP contribution in [-0.2, 0) is 10.2 Å². The molecule has 3 heteroatoms. The van der Waals surface area contributed by atoms with Gasteiger partial charge in [0, 0.05) is 12.0 Å². The zero-order valence-corrected chi connectivity index (χ0v) is 12.4. The molecule has 0 aromatic heterocycles. The van der Waals surface area contributed by atoms with E-state index in [0.29, 0.717) is 6.42 Å². The van der Waals surface area contributed by atoms with Gasteiger partial charge < -0.3 is 10.4 Å². The lowest BCUT2D eigenvalue weighted by atomic mass is 9.84. The van der Waals surface area contributed by atoms with E-state index in [0.717, 1.165) is 13.1 Å². The van der Waals surface area contributed by atoms with Crippen molar-refractivity contribution in [2.24, 2.45) is 5.92 Å². The first-order chi connectivity index (χ1) is 8.83. The summed E-state index contributed by atoms with van der Waals surface area (Å²) in [4.78, 5) is 10.7. The smallest absolute Gasteiger partial charge is 0.306 e. The minimum atomic E-state index is -0.722. The van der Waals surface area contributed by atoms with Crippen molar-refractivity contribution in [2.75, 3.05) is 13.1 Å². The third-order valence-corrected chi connectivity index (χ3v) is 3.54. The highest BCUT2D eigenvalue weighted by molar-refractivity contribution is 5.69. The first-order valence-corrected chi connectivity index (χ1v) is 6.83. The lowest BCUT2D eigenvalue weighted by molar-refractivity contribution is -0.141. The Morgan fingerprint density at radius 1 is 1.42 bits per heavy atom. The van der Waals surface area contributed by atoms with Gasteiger partial charge in [0.25, 0.3) is 0 Å². The zero-order chi connectivity index (χ0) is 14.5. The molecule has 1 unspecified atom stereocenters. The maximum Gasteiger partial charge on any atom is 0.306 e. The minimum absolute atomic E-state index is 0.0540. The Bertz CT molecular complexity index is 427. The maximum atomic E-state index is 10.7. The molecule has 0 fully saturated rings. The Labute approximate surface area is 116 Å². The Morgan fingerprint density at radius 3 is 2.68 bits per heavy atom. The second-order valence-electron chi connectivity index (χ2n) is 5.96. The highest BCUT2D eigenvalue weighted by Crippen LogP contribution is 2.23. The molecule has 3 nitrogen and oxygen atoms in total. The molecule has 0 amide bonds. The summed E-state index contributed by atoms with van der Waals surface area (Å²) in [5.74, 6) is -1.01. The van der Waals surface area contributed by atoms with Crippen LogP contribution in [0.3, 0.4) is 0 Å². The van der Waals surface area contributed by atoms with Gasteiger partial charge in [0.1, 0.15) is 0 Å². The van der Waals surface area contributed by atoms with E-state index in [1.165, 1.54) is 11.1 Å². The van der Waals surface area contributed by atoms with E-state index in [1.807, 2.05) is 0 Å². The summed E-state index contributed by atoms with van der Waals surface area (Å²) in [5.41, 5.74) is 2.63. The molecule has 1 aromatic rings. The molecule has 1 atom stereocenters. The van der Waals surface area contributed by atoms with Crippen LogP contribution >= 0.6 is 0 Å². The quantitative estimate of drug-likeness (QED) is 0.744. The molecule has 0 saturated carbocycles. The Kier molecular flexibility index (Phi) is 5.55. The first-order valence-electron chi connectivity index (χ1n) is 6.83. The van der Waals surface area contributed by atoms with Crippen LogP contribution in [0.4, 0.5) is 0 Å². The number of carboxylic acid groups (broad SMARTS) is 1. The average molecular weight is 263 g/mol. The van der Waals surface area contributed by atoms with E-state index in [9.17, 15) is 4.79 Å². The predicted octanol–water partition coefficient (Wildman–Crippen LogP) is 2.97. The molecule has 0 heterocycles. The highest BCUT2D eigenvalue weighted by atomic mass is 16.4. The summed E-state index contributed by atoms with van der Waals surface area (Å²) >= 11 is 0. The van der Waals surface area contributed by atoms with Gasteiger partial charge in [-0.1, -0.05) is 50.6 Å². The van der Waals surface area contributed by atoms with E-state index in [1.54, 1.807) is 6.92 Å². The number of aliphatic carboxylic acids is 1. The van der Waals surface area contributed by atoms with Crippen molar-refractivity contribution < 1.29 is 9.90 Å². The van der Waals surface area contributed by atoms with Crippen LogP contribution in [0.15, 0.2) is 24.3 Å². The Balaban J connectivity index is 2.45. The fraction of sp³-hybridized carbons (Fsp3) is 0.562. The molecule has 0 bridgehead atoms. The SMILES string of the molecule is Cc1cccc(C(C)(C)CNCCC(C)C(=O)O)c1. The van der Waals surface area contributed by atoms with Crippen LogP contribution in [0.5, 0.6) is 0 Å². The van der Waals surface area contributed by atoms with Crippen molar-refractivity contribution in [1.29, 1.82) is 0 Å². The molecule has 1 aromatic carbocycles. The third kappa shape index (κ3) is 5.03. The topological polar surface area (TPSA) is 49.3 Å². The van der Waals surface area contributed by atoms with Crippen LogP contribution in [-0.4, -0.2) is 24.2 Å². The molecule has 2 N–H and O–H groups in total. The Morgan fingerprint density at radius 2 is 2.11 bits per heavy atom. The summed E-state index contributed by atoms with van der Waals surface area (Å²) in [6.45, 7) is 9.84. The zero-order valence-electron chi connectivity index (χ0n) is 12.4. The van der Waals surface area contributed by atoms with Gasteiger partial charge in [0.2, 0.25) is 0 Å². The molecule has 106 valence electrons. The van der Waals surface area contributed by atoms with Crippen molar-refractivity contribution in [3.63, 3.8) is 0 Å². The van der Waals surface area contributed by atoms with Crippen LogP contribution in [0, 0.1) is 12.8 Å². The molecule has 19 heavy (non-hydrogen) atoms. The summed E-state index contributed by atoms with van der Waals surface area (Å²) in [5, 5.41) is 12.2. The van der Waals surface area contributed by atoms with Gasteiger partial charge in [-0.05, 0) is 25.5 Å². The van der Waals surface area contributed by atoms with Crippen molar-refractivity contribution in [3.05, 3.63) is 35.4 Å². The van der Waals surface area contributed by atoms with Gasteiger partial charge in [0.15, 0.2) is 0 Å². The second kappa shape index (κ2) is 6.71. The number of hydrogen-bond acceptors (Lipinski definition) is 2. The molecule has 0 radical (unpaired) electrons. The van der Waals surface area contributed by atoms with Crippen LogP contribution in [0.1, 0.15) is 38.3 Å². The molecule has 0 saturated heterocycles. The predicted molar refractivity (Wildman–Crippen MR) is 78.5 cm³/mol. The average Bonchev–Trinajstić information content (AvgIpc) is 2.34. The lowest BCUT2D eigenvalue weighted by Crippen LogP contribution is -2.34. The van der Waals surface area contributed by atoms with Crippen LogP contribution in [0.25, 0.3) is 0 Å². The lowest BCUT2D eigenvalue weighted by Gasteiger charge is -2.26. The number of carboxylic acids is 1. The normalized spacial score (nSPS) is 13.3. The number of carbonyl (C=O) groups is 1. The summed E-state index contributed by atoms with van der Waals surface area (Å²) in [7, 11) is 0. The molecule has 0 aliphatic rings. The Hall–Kier alpha value is -1.35. The number of rotatable bonds is 7. The van der Waals surface area contributed by atoms with Gasteiger partial charge in [-0.15, -0.1) is 0 Å². The van der Waals surface area contributed by atoms with Crippen LogP contribution < -0.4 is 5.32 Å². The standard InChI is InChI=1S/C16H25NO2/c1-12-6-5-7-14(10-12)16(3,4)11-17-9-8-13(2)15(18)19/h5-7,10,13,17H,8-9,11H2,1-4H3,(H,18,19). The molecular formula is C16H25NO2.